The number of carbonyl (C=O) groups is 1. The Hall–Kier alpha value is -3.08. The molecular weight excluding hydrogens is 305 g/mol. The number of hydrogen-bond acceptors (Lipinski definition) is 3. The minimum Gasteiger partial charge on any atom is -0.322 e. The van der Waals surface area contributed by atoms with Gasteiger partial charge in [-0.25, -0.2) is 14.4 Å². The summed E-state index contributed by atoms with van der Waals surface area (Å²) in [6.45, 7) is 3.94. The van der Waals surface area contributed by atoms with Gasteiger partial charge in [0.1, 0.15) is 5.82 Å². The van der Waals surface area contributed by atoms with E-state index >= 15 is 0 Å². The van der Waals surface area contributed by atoms with Gasteiger partial charge >= 0.3 is 0 Å². The van der Waals surface area contributed by atoms with Crippen molar-refractivity contribution in [3.8, 4) is 11.4 Å². The number of nitrogens with zero attached hydrogens (tertiary/aromatic N) is 2. The van der Waals surface area contributed by atoms with Gasteiger partial charge < -0.3 is 5.32 Å². The van der Waals surface area contributed by atoms with Crippen molar-refractivity contribution in [1.82, 2.24) is 9.97 Å². The summed E-state index contributed by atoms with van der Waals surface area (Å²) >= 11 is 0. The minimum absolute atomic E-state index is 0.286. The van der Waals surface area contributed by atoms with Crippen LogP contribution in [0.3, 0.4) is 0 Å². The molecule has 0 bridgehead atoms. The lowest BCUT2D eigenvalue weighted by atomic mass is 10.1. The van der Waals surface area contributed by atoms with Gasteiger partial charge in [-0.05, 0) is 49.2 Å². The van der Waals surface area contributed by atoms with E-state index in [1.165, 1.54) is 24.5 Å². The lowest BCUT2D eigenvalue weighted by molar-refractivity contribution is 0.102. The average molecular weight is 321 g/mol. The van der Waals surface area contributed by atoms with Gasteiger partial charge in [0.25, 0.3) is 5.91 Å². The molecule has 24 heavy (non-hydrogen) atoms. The molecule has 0 saturated heterocycles. The SMILES string of the molecule is Cc1cc(C)cc(NC(=O)c2cnc(-c3cccc(F)c3)nc2)c1. The Balaban J connectivity index is 1.79. The molecule has 0 aliphatic rings. The standard InChI is InChI=1S/C19H16FN3O/c1-12-6-13(2)8-17(7-12)23-19(24)15-10-21-18(22-11-15)14-4-3-5-16(20)9-14/h3-11H,1-2H3,(H,23,24). The summed E-state index contributed by atoms with van der Waals surface area (Å²) < 4.78 is 13.2. The number of rotatable bonds is 3. The number of hydrogen-bond donors (Lipinski definition) is 1. The first-order valence-electron chi connectivity index (χ1n) is 7.49. The molecule has 2 aromatic carbocycles. The van der Waals surface area contributed by atoms with Gasteiger partial charge in [0.05, 0.1) is 5.56 Å². The van der Waals surface area contributed by atoms with Gasteiger partial charge in [-0.1, -0.05) is 18.2 Å². The summed E-state index contributed by atoms with van der Waals surface area (Å²) in [5, 5.41) is 2.83. The Morgan fingerprint density at radius 2 is 1.67 bits per heavy atom. The van der Waals surface area contributed by atoms with Crippen LogP contribution in [0.25, 0.3) is 11.4 Å². The van der Waals surface area contributed by atoms with Crippen LogP contribution in [0, 0.1) is 19.7 Å². The fourth-order valence-electron chi connectivity index (χ4n) is 2.47. The highest BCUT2D eigenvalue weighted by Crippen LogP contribution is 2.17. The first-order chi connectivity index (χ1) is 11.5. The molecule has 0 spiro atoms. The molecule has 0 radical (unpaired) electrons. The highest BCUT2D eigenvalue weighted by Gasteiger charge is 2.09. The summed E-state index contributed by atoms with van der Waals surface area (Å²) in [4.78, 5) is 20.6. The van der Waals surface area contributed by atoms with E-state index in [1.54, 1.807) is 12.1 Å². The van der Waals surface area contributed by atoms with E-state index < -0.39 is 0 Å². The van der Waals surface area contributed by atoms with Crippen molar-refractivity contribution in [3.05, 3.63) is 77.4 Å². The Morgan fingerprint density at radius 1 is 1.00 bits per heavy atom. The normalized spacial score (nSPS) is 10.5. The van der Waals surface area contributed by atoms with E-state index in [4.69, 9.17) is 0 Å². The predicted octanol–water partition coefficient (Wildman–Crippen LogP) is 4.15. The molecule has 3 aromatic rings. The van der Waals surface area contributed by atoms with Crippen LogP contribution < -0.4 is 5.32 Å². The monoisotopic (exact) mass is 321 g/mol. The summed E-state index contributed by atoms with van der Waals surface area (Å²) in [5.74, 6) is -0.268. The highest BCUT2D eigenvalue weighted by molar-refractivity contribution is 6.04. The van der Waals surface area contributed by atoms with Crippen molar-refractivity contribution < 1.29 is 9.18 Å². The first-order valence-corrected chi connectivity index (χ1v) is 7.49. The zero-order valence-electron chi connectivity index (χ0n) is 13.4. The third-order valence-electron chi connectivity index (χ3n) is 3.48. The number of amides is 1. The quantitative estimate of drug-likeness (QED) is 0.788. The van der Waals surface area contributed by atoms with Gasteiger partial charge in [-0.2, -0.15) is 0 Å². The van der Waals surface area contributed by atoms with E-state index in [0.29, 0.717) is 17.0 Å². The molecular formula is C19H16FN3O. The molecule has 4 nitrogen and oxygen atoms in total. The summed E-state index contributed by atoms with van der Waals surface area (Å²) in [7, 11) is 0. The van der Waals surface area contributed by atoms with Crippen LogP contribution in [0.4, 0.5) is 10.1 Å². The van der Waals surface area contributed by atoms with Crippen LogP contribution in [0.1, 0.15) is 21.5 Å². The number of benzene rings is 2. The van der Waals surface area contributed by atoms with E-state index in [1.807, 2.05) is 32.0 Å². The molecule has 120 valence electrons. The van der Waals surface area contributed by atoms with Gasteiger partial charge in [0.15, 0.2) is 5.82 Å². The van der Waals surface area contributed by atoms with Gasteiger partial charge in [-0.3, -0.25) is 4.79 Å². The zero-order chi connectivity index (χ0) is 17.1. The van der Waals surface area contributed by atoms with Crippen LogP contribution in [-0.2, 0) is 0 Å². The van der Waals surface area contributed by atoms with E-state index in [0.717, 1.165) is 16.8 Å². The number of anilines is 1. The van der Waals surface area contributed by atoms with Gasteiger partial charge in [0, 0.05) is 23.6 Å². The summed E-state index contributed by atoms with van der Waals surface area (Å²) in [6.07, 6.45) is 2.87. The van der Waals surface area contributed by atoms with E-state index in [9.17, 15) is 9.18 Å². The summed E-state index contributed by atoms with van der Waals surface area (Å²) in [5.41, 5.74) is 3.78. The first kappa shape index (κ1) is 15.8. The van der Waals surface area contributed by atoms with Gasteiger partial charge in [0.2, 0.25) is 0 Å². The lowest BCUT2D eigenvalue weighted by Gasteiger charge is -2.08. The van der Waals surface area contributed by atoms with Crippen molar-refractivity contribution >= 4 is 11.6 Å². The van der Waals surface area contributed by atoms with Gasteiger partial charge in [-0.15, -0.1) is 0 Å². The maximum absolute atomic E-state index is 13.2. The van der Waals surface area contributed by atoms with Crippen molar-refractivity contribution in [2.45, 2.75) is 13.8 Å². The third kappa shape index (κ3) is 3.63. The number of aromatic nitrogens is 2. The van der Waals surface area contributed by atoms with Crippen LogP contribution in [0.2, 0.25) is 0 Å². The second-order valence-corrected chi connectivity index (χ2v) is 5.64. The van der Waals surface area contributed by atoms with Crippen molar-refractivity contribution in [2.24, 2.45) is 0 Å². The molecule has 0 fully saturated rings. The molecule has 3 rings (SSSR count). The Kier molecular flexibility index (Phi) is 4.33. The fraction of sp³-hybridized carbons (Fsp3) is 0.105. The van der Waals surface area contributed by atoms with E-state index in [2.05, 4.69) is 15.3 Å². The maximum atomic E-state index is 13.2. The second-order valence-electron chi connectivity index (χ2n) is 5.64. The Morgan fingerprint density at radius 3 is 2.29 bits per heavy atom. The number of carbonyl (C=O) groups excluding carboxylic acids is 1. The molecule has 1 amide bonds. The number of halogens is 1. The second kappa shape index (κ2) is 6.58. The highest BCUT2D eigenvalue weighted by atomic mass is 19.1. The van der Waals surface area contributed by atoms with Crippen molar-refractivity contribution in [3.63, 3.8) is 0 Å². The number of aryl methyl sites for hydroxylation is 2. The topological polar surface area (TPSA) is 54.9 Å². The summed E-state index contributed by atoms with van der Waals surface area (Å²) in [6, 6.07) is 11.8. The zero-order valence-corrected chi connectivity index (χ0v) is 13.4. The van der Waals surface area contributed by atoms with Crippen LogP contribution >= 0.6 is 0 Å². The third-order valence-corrected chi connectivity index (χ3v) is 3.48. The molecule has 0 aliphatic carbocycles. The van der Waals surface area contributed by atoms with Crippen molar-refractivity contribution in [2.75, 3.05) is 5.32 Å². The van der Waals surface area contributed by atoms with Crippen LogP contribution in [-0.4, -0.2) is 15.9 Å². The molecule has 5 heteroatoms. The van der Waals surface area contributed by atoms with Crippen molar-refractivity contribution in [1.29, 1.82) is 0 Å². The maximum Gasteiger partial charge on any atom is 0.258 e. The molecule has 0 atom stereocenters. The van der Waals surface area contributed by atoms with E-state index in [-0.39, 0.29) is 11.7 Å². The Bertz CT molecular complexity index is 871. The molecule has 0 saturated carbocycles. The lowest BCUT2D eigenvalue weighted by Crippen LogP contribution is -2.13. The predicted molar refractivity (Wildman–Crippen MR) is 91.3 cm³/mol. The van der Waals surface area contributed by atoms with Crippen LogP contribution in [0.15, 0.2) is 54.9 Å². The molecule has 1 heterocycles. The molecule has 0 aliphatic heterocycles. The molecule has 0 unspecified atom stereocenters. The smallest absolute Gasteiger partial charge is 0.258 e. The fourth-order valence-corrected chi connectivity index (χ4v) is 2.47. The minimum atomic E-state index is -0.354. The van der Waals surface area contributed by atoms with Crippen LogP contribution in [0.5, 0.6) is 0 Å². The Labute approximate surface area is 139 Å². The number of nitrogens with one attached hydrogen (secondary N) is 1. The molecule has 1 aromatic heterocycles. The average Bonchev–Trinajstić information content (AvgIpc) is 2.54. The largest absolute Gasteiger partial charge is 0.322 e. The molecule has 1 N–H and O–H groups in total.